The van der Waals surface area contributed by atoms with Gasteiger partial charge in [0.1, 0.15) is 11.9 Å². The minimum atomic E-state index is -0.578. The molecule has 3 rings (SSSR count). The third-order valence-electron chi connectivity index (χ3n) is 5.31. The second-order valence-electron chi connectivity index (χ2n) is 7.62. The molecule has 8 heteroatoms. The van der Waals surface area contributed by atoms with Gasteiger partial charge < -0.3 is 26.5 Å². The number of benzene rings is 1. The topological polar surface area (TPSA) is 120 Å². The van der Waals surface area contributed by atoms with Crippen LogP contribution in [0.15, 0.2) is 47.8 Å². The molecule has 168 valence electrons. The van der Waals surface area contributed by atoms with Crippen molar-refractivity contribution in [3.05, 3.63) is 70.3 Å². The molecule has 0 saturated carbocycles. The third-order valence-corrected chi connectivity index (χ3v) is 5.31. The van der Waals surface area contributed by atoms with E-state index in [4.69, 9.17) is 21.3 Å². The van der Waals surface area contributed by atoms with E-state index >= 15 is 0 Å². The van der Waals surface area contributed by atoms with Gasteiger partial charge in [-0.3, -0.25) is 5.41 Å². The summed E-state index contributed by atoms with van der Waals surface area (Å²) in [6.07, 6.45) is 3.13. The van der Waals surface area contributed by atoms with Crippen LogP contribution in [0.3, 0.4) is 0 Å². The van der Waals surface area contributed by atoms with Crippen LogP contribution in [0, 0.1) is 16.6 Å². The Balaban J connectivity index is 2.35. The lowest BCUT2D eigenvalue weighted by molar-refractivity contribution is 0.227. The van der Waals surface area contributed by atoms with Gasteiger partial charge in [-0.25, -0.2) is 9.37 Å². The Morgan fingerprint density at radius 2 is 2.12 bits per heavy atom. The van der Waals surface area contributed by atoms with Gasteiger partial charge in [0.2, 0.25) is 0 Å². The smallest absolute Gasteiger partial charge is 0.166 e. The Morgan fingerprint density at radius 3 is 2.78 bits per heavy atom. The summed E-state index contributed by atoms with van der Waals surface area (Å²) in [5.74, 6) is 0.162. The molecule has 0 spiro atoms. The number of pyridine rings is 1. The number of rotatable bonds is 4. The van der Waals surface area contributed by atoms with E-state index in [1.54, 1.807) is 45.4 Å². The summed E-state index contributed by atoms with van der Waals surface area (Å²) in [5.41, 5.74) is 10.6. The fraction of sp³-hybridized carbons (Fsp3) is 0.292. The maximum absolute atomic E-state index is 14.2. The van der Waals surface area contributed by atoms with Crippen molar-refractivity contribution in [2.45, 2.75) is 33.3 Å². The minimum absolute atomic E-state index is 0.213. The molecule has 1 aromatic carbocycles. The SMILES string of the molecule is CCN/C1=C(\C(C)=N)C/C(=C/NC)C(=N)c2ccc(F)cc2[C@@H](C)Oc2cc1cnc2N. The second kappa shape index (κ2) is 9.64. The highest BCUT2D eigenvalue weighted by Gasteiger charge is 2.24. The number of nitrogens with one attached hydrogen (secondary N) is 4. The molecule has 0 amide bonds. The molecule has 32 heavy (non-hydrogen) atoms. The molecule has 0 fully saturated rings. The van der Waals surface area contributed by atoms with E-state index in [2.05, 4.69) is 15.6 Å². The largest absolute Gasteiger partial charge is 0.482 e. The van der Waals surface area contributed by atoms with Crippen LogP contribution in [0.1, 0.15) is 50.0 Å². The zero-order valence-electron chi connectivity index (χ0n) is 18.8. The Labute approximate surface area is 187 Å². The highest BCUT2D eigenvalue weighted by molar-refractivity contribution is 6.13. The maximum atomic E-state index is 14.2. The number of nitrogens with two attached hydrogens (primary N) is 1. The summed E-state index contributed by atoms with van der Waals surface area (Å²) in [4.78, 5) is 4.30. The number of allylic oxidation sites excluding steroid dienone is 2. The first kappa shape index (κ1) is 23.0. The summed E-state index contributed by atoms with van der Waals surface area (Å²) in [6, 6.07) is 6.09. The molecule has 1 atom stereocenters. The molecule has 1 aliphatic rings. The number of anilines is 1. The lowest BCUT2D eigenvalue weighted by Gasteiger charge is -2.24. The fourth-order valence-electron chi connectivity index (χ4n) is 3.76. The number of hydrogen-bond acceptors (Lipinski definition) is 7. The van der Waals surface area contributed by atoms with Crippen molar-refractivity contribution in [1.82, 2.24) is 15.6 Å². The Kier molecular flexibility index (Phi) is 6.92. The van der Waals surface area contributed by atoms with Gasteiger partial charge in [0.05, 0.1) is 5.71 Å². The van der Waals surface area contributed by atoms with Gasteiger partial charge in [-0.1, -0.05) is 0 Å². The molecule has 7 nitrogen and oxygen atoms in total. The maximum Gasteiger partial charge on any atom is 0.166 e. The number of nitrogen functional groups attached to an aromatic ring is 1. The first-order chi connectivity index (χ1) is 15.3. The van der Waals surface area contributed by atoms with E-state index in [1.165, 1.54) is 12.1 Å². The van der Waals surface area contributed by atoms with E-state index in [0.717, 1.165) is 11.3 Å². The summed E-state index contributed by atoms with van der Waals surface area (Å²) < 4.78 is 20.3. The summed E-state index contributed by atoms with van der Waals surface area (Å²) in [6.45, 7) is 6.11. The van der Waals surface area contributed by atoms with Gasteiger partial charge in [0, 0.05) is 66.1 Å². The first-order valence-corrected chi connectivity index (χ1v) is 10.5. The molecule has 6 N–H and O–H groups in total. The van der Waals surface area contributed by atoms with Crippen LogP contribution in [0.5, 0.6) is 5.75 Å². The van der Waals surface area contributed by atoms with Crippen LogP contribution in [0.2, 0.25) is 0 Å². The van der Waals surface area contributed by atoms with Crippen LogP contribution in [-0.4, -0.2) is 30.0 Å². The van der Waals surface area contributed by atoms with Gasteiger partial charge >= 0.3 is 0 Å². The lowest BCUT2D eigenvalue weighted by Crippen LogP contribution is -2.20. The lowest BCUT2D eigenvalue weighted by atomic mass is 9.89. The van der Waals surface area contributed by atoms with E-state index in [1.807, 2.05) is 6.92 Å². The molecular weight excluding hydrogens is 407 g/mol. The normalized spacial score (nSPS) is 20.0. The van der Waals surface area contributed by atoms with Crippen LogP contribution in [0.4, 0.5) is 10.2 Å². The van der Waals surface area contributed by atoms with Gasteiger partial charge in [-0.15, -0.1) is 0 Å². The molecular formula is C24H29FN6O. The summed E-state index contributed by atoms with van der Waals surface area (Å²) >= 11 is 0. The van der Waals surface area contributed by atoms with Gasteiger partial charge in [0.15, 0.2) is 11.6 Å². The number of nitrogens with zero attached hydrogens (tertiary/aromatic N) is 1. The monoisotopic (exact) mass is 436 g/mol. The van der Waals surface area contributed by atoms with Crippen molar-refractivity contribution in [2.75, 3.05) is 19.3 Å². The highest BCUT2D eigenvalue weighted by Crippen LogP contribution is 2.34. The molecule has 2 aromatic rings. The van der Waals surface area contributed by atoms with Gasteiger partial charge in [-0.2, -0.15) is 0 Å². The van der Waals surface area contributed by atoms with Gasteiger partial charge in [-0.05, 0) is 50.6 Å². The molecule has 0 radical (unpaired) electrons. The molecule has 0 aliphatic carbocycles. The zero-order valence-corrected chi connectivity index (χ0v) is 18.8. The van der Waals surface area contributed by atoms with Gasteiger partial charge in [0.25, 0.3) is 0 Å². The van der Waals surface area contributed by atoms with Crippen molar-refractivity contribution in [3.8, 4) is 5.75 Å². The number of aromatic nitrogens is 1. The van der Waals surface area contributed by atoms with Crippen LogP contribution in [-0.2, 0) is 0 Å². The standard InChI is InChI=1S/C24H29FN6O/c1-5-30-23-16-9-21(24(28)31-12-16)32-14(3)20-10-17(25)6-7-18(20)22(27)15(11-29-4)8-19(23)13(2)26/h6-7,9-12,14,26-27,29-30H,5,8H2,1-4H3,(H2,28,31)/b15-11-,23-19-,26-13?,27-22?/t14-/m1/s1. The molecule has 2 heterocycles. The van der Waals surface area contributed by atoms with Crippen molar-refractivity contribution in [1.29, 1.82) is 10.8 Å². The minimum Gasteiger partial charge on any atom is -0.482 e. The molecule has 0 unspecified atom stereocenters. The van der Waals surface area contributed by atoms with Crippen molar-refractivity contribution < 1.29 is 9.13 Å². The highest BCUT2D eigenvalue weighted by atomic mass is 19.1. The first-order valence-electron chi connectivity index (χ1n) is 10.5. The zero-order chi connectivity index (χ0) is 23.4. The van der Waals surface area contributed by atoms with E-state index in [9.17, 15) is 4.39 Å². The Bertz CT molecular complexity index is 1120. The summed E-state index contributed by atoms with van der Waals surface area (Å²) in [7, 11) is 1.76. The molecule has 2 bridgehead atoms. The average molecular weight is 437 g/mol. The fourth-order valence-corrected chi connectivity index (χ4v) is 3.76. The Morgan fingerprint density at radius 1 is 1.38 bits per heavy atom. The Hall–Kier alpha value is -3.68. The number of ether oxygens (including phenoxy) is 1. The van der Waals surface area contributed by atoms with Crippen LogP contribution in [0.25, 0.3) is 5.70 Å². The van der Waals surface area contributed by atoms with Crippen LogP contribution >= 0.6 is 0 Å². The average Bonchev–Trinajstić information content (AvgIpc) is 2.75. The predicted molar refractivity (Wildman–Crippen MR) is 127 cm³/mol. The number of halogens is 1. The van der Waals surface area contributed by atoms with Crippen molar-refractivity contribution >= 4 is 22.9 Å². The number of hydrogen-bond donors (Lipinski definition) is 5. The molecule has 1 aliphatic heterocycles. The molecule has 1 aromatic heterocycles. The third kappa shape index (κ3) is 4.64. The van der Waals surface area contributed by atoms with Crippen molar-refractivity contribution in [2.24, 2.45) is 0 Å². The second-order valence-corrected chi connectivity index (χ2v) is 7.62. The van der Waals surface area contributed by atoms with E-state index in [0.29, 0.717) is 46.7 Å². The van der Waals surface area contributed by atoms with Crippen molar-refractivity contribution in [3.63, 3.8) is 0 Å². The predicted octanol–water partition coefficient (Wildman–Crippen LogP) is 4.18. The van der Waals surface area contributed by atoms with E-state index in [-0.39, 0.29) is 11.5 Å². The van der Waals surface area contributed by atoms with Crippen LogP contribution < -0.4 is 21.1 Å². The van der Waals surface area contributed by atoms with E-state index < -0.39 is 11.9 Å². The molecule has 0 saturated heterocycles. The number of fused-ring (bicyclic) bond motifs is 3. The quantitative estimate of drug-likeness (QED) is 0.461. The summed E-state index contributed by atoms with van der Waals surface area (Å²) in [5, 5.41) is 23.7.